The number of halogens is 1. The van der Waals surface area contributed by atoms with E-state index >= 15 is 0 Å². The van der Waals surface area contributed by atoms with Gasteiger partial charge in [0.25, 0.3) is 0 Å². The number of rotatable bonds is 4. The lowest BCUT2D eigenvalue weighted by Crippen LogP contribution is -2.28. The van der Waals surface area contributed by atoms with Crippen molar-refractivity contribution in [3.63, 3.8) is 0 Å². The van der Waals surface area contributed by atoms with Gasteiger partial charge in [0, 0.05) is 27.9 Å². The molecular formula is C26H23BrN2O. The monoisotopic (exact) mass is 458 g/mol. The van der Waals surface area contributed by atoms with Crippen molar-refractivity contribution in [3.8, 4) is 5.75 Å². The molecule has 0 radical (unpaired) electrons. The lowest BCUT2D eigenvalue weighted by atomic mass is 9.77. The number of methoxy groups -OCH3 is 1. The number of fused-ring (bicyclic) bond motifs is 3. The third-order valence-electron chi connectivity index (χ3n) is 6.07. The molecule has 0 amide bonds. The number of ether oxygens (including phenoxy) is 1. The lowest BCUT2D eigenvalue weighted by molar-refractivity contribution is 0.414. The largest absolute Gasteiger partial charge is 0.496 e. The summed E-state index contributed by atoms with van der Waals surface area (Å²) in [5, 5.41) is 3.78. The summed E-state index contributed by atoms with van der Waals surface area (Å²) in [4.78, 5) is 4.66. The summed E-state index contributed by atoms with van der Waals surface area (Å²) in [6.07, 6.45) is 7.67. The second kappa shape index (κ2) is 8.11. The van der Waals surface area contributed by atoms with Crippen LogP contribution in [0.4, 0.5) is 11.4 Å². The van der Waals surface area contributed by atoms with Crippen molar-refractivity contribution in [2.45, 2.75) is 18.4 Å². The third-order valence-corrected chi connectivity index (χ3v) is 6.56. The molecule has 1 aliphatic carbocycles. The highest BCUT2D eigenvalue weighted by Crippen LogP contribution is 2.49. The molecule has 1 heterocycles. The predicted octanol–water partition coefficient (Wildman–Crippen LogP) is 7.03. The molecule has 0 saturated carbocycles. The zero-order chi connectivity index (χ0) is 20.5. The van der Waals surface area contributed by atoms with Gasteiger partial charge in [0.1, 0.15) is 5.75 Å². The minimum Gasteiger partial charge on any atom is -0.496 e. The van der Waals surface area contributed by atoms with Gasteiger partial charge in [-0.05, 0) is 59.9 Å². The van der Waals surface area contributed by atoms with Gasteiger partial charge < -0.3 is 10.1 Å². The van der Waals surface area contributed by atoms with Crippen LogP contribution < -0.4 is 10.1 Å². The molecule has 0 bridgehead atoms. The van der Waals surface area contributed by atoms with Crippen molar-refractivity contribution in [3.05, 3.63) is 100 Å². The molecule has 2 aliphatic rings. The summed E-state index contributed by atoms with van der Waals surface area (Å²) in [6.45, 7) is 0. The minimum atomic E-state index is 0.308. The highest BCUT2D eigenvalue weighted by atomic mass is 79.9. The summed E-state index contributed by atoms with van der Waals surface area (Å²) in [6, 6.07) is 23.5. The van der Waals surface area contributed by atoms with Gasteiger partial charge in [-0.25, -0.2) is 0 Å². The first-order valence-corrected chi connectivity index (χ1v) is 11.0. The Hall–Kier alpha value is -2.85. The van der Waals surface area contributed by atoms with Gasteiger partial charge in [-0.1, -0.05) is 58.4 Å². The number of benzene rings is 3. The smallest absolute Gasteiger partial charge is 0.127 e. The van der Waals surface area contributed by atoms with Crippen LogP contribution in [0.1, 0.15) is 35.1 Å². The van der Waals surface area contributed by atoms with E-state index in [4.69, 9.17) is 4.74 Å². The maximum atomic E-state index is 5.43. The first-order chi connectivity index (χ1) is 14.7. The Labute approximate surface area is 185 Å². The van der Waals surface area contributed by atoms with Gasteiger partial charge in [0.15, 0.2) is 0 Å². The molecule has 1 N–H and O–H groups in total. The minimum absolute atomic E-state index is 0.308. The molecule has 150 valence electrons. The number of aliphatic imine (C=N–C) groups is 1. The Morgan fingerprint density at radius 2 is 1.90 bits per heavy atom. The number of anilines is 1. The van der Waals surface area contributed by atoms with E-state index in [0.717, 1.165) is 27.9 Å². The molecule has 0 spiro atoms. The van der Waals surface area contributed by atoms with E-state index in [1.165, 1.54) is 16.8 Å². The second-order valence-corrected chi connectivity index (χ2v) is 8.71. The van der Waals surface area contributed by atoms with Crippen LogP contribution in [0, 0.1) is 5.92 Å². The van der Waals surface area contributed by atoms with Crippen LogP contribution in [0.15, 0.2) is 88.3 Å². The van der Waals surface area contributed by atoms with E-state index in [-0.39, 0.29) is 0 Å². The first kappa shape index (κ1) is 19.1. The highest BCUT2D eigenvalue weighted by molar-refractivity contribution is 9.10. The van der Waals surface area contributed by atoms with E-state index in [1.54, 1.807) is 7.11 Å². The fraction of sp³-hybridized carbons (Fsp3) is 0.192. The Morgan fingerprint density at radius 3 is 2.73 bits per heavy atom. The predicted molar refractivity (Wildman–Crippen MR) is 127 cm³/mol. The Balaban J connectivity index is 1.39. The van der Waals surface area contributed by atoms with Crippen LogP contribution in [0.5, 0.6) is 5.75 Å². The van der Waals surface area contributed by atoms with Crippen molar-refractivity contribution >= 4 is 33.5 Å². The quantitative estimate of drug-likeness (QED) is 0.336. The molecule has 0 saturated heterocycles. The molecule has 3 atom stereocenters. The van der Waals surface area contributed by atoms with E-state index in [1.807, 2.05) is 24.4 Å². The molecule has 4 heteroatoms. The van der Waals surface area contributed by atoms with Gasteiger partial charge in [-0.15, -0.1) is 0 Å². The number of para-hydroxylation sites is 1. The maximum Gasteiger partial charge on any atom is 0.127 e. The number of hydrogen-bond acceptors (Lipinski definition) is 3. The Bertz CT molecular complexity index is 1120. The van der Waals surface area contributed by atoms with Crippen molar-refractivity contribution in [1.82, 2.24) is 0 Å². The van der Waals surface area contributed by atoms with Crippen LogP contribution in [-0.4, -0.2) is 13.3 Å². The standard InChI is InChI=1S/C26H23BrN2O/c1-30-25-14-11-19(27)15-18(25)16-28-20-12-9-17(10-13-20)26-23-7-4-6-21(23)22-5-2-3-8-24(22)29-26/h2-6,8-16,21,23,26,29H,7H2,1H3/t21-,23+,26+/m1/s1. The number of nitrogens with one attached hydrogen (secondary N) is 1. The van der Waals surface area contributed by atoms with Gasteiger partial charge in [-0.3, -0.25) is 4.99 Å². The van der Waals surface area contributed by atoms with Crippen LogP contribution in [0.25, 0.3) is 0 Å². The molecule has 5 rings (SSSR count). The van der Waals surface area contributed by atoms with Crippen molar-refractivity contribution in [1.29, 1.82) is 0 Å². The second-order valence-electron chi connectivity index (χ2n) is 7.80. The normalized spacial score (nSPS) is 21.9. The molecule has 30 heavy (non-hydrogen) atoms. The zero-order valence-corrected chi connectivity index (χ0v) is 18.3. The third kappa shape index (κ3) is 3.56. The van der Waals surface area contributed by atoms with Crippen LogP contribution in [-0.2, 0) is 0 Å². The molecule has 0 fully saturated rings. The van der Waals surface area contributed by atoms with E-state index in [2.05, 4.69) is 86.9 Å². The van der Waals surface area contributed by atoms with Crippen molar-refractivity contribution in [2.24, 2.45) is 10.9 Å². The average Bonchev–Trinajstić information content (AvgIpc) is 3.28. The van der Waals surface area contributed by atoms with Gasteiger partial charge >= 0.3 is 0 Å². The van der Waals surface area contributed by atoms with Crippen molar-refractivity contribution < 1.29 is 4.74 Å². The van der Waals surface area contributed by atoms with E-state index in [9.17, 15) is 0 Å². The summed E-state index contributed by atoms with van der Waals surface area (Å²) >= 11 is 3.51. The number of nitrogens with zero attached hydrogens (tertiary/aromatic N) is 1. The topological polar surface area (TPSA) is 33.6 Å². The van der Waals surface area contributed by atoms with Crippen LogP contribution >= 0.6 is 15.9 Å². The van der Waals surface area contributed by atoms with Gasteiger partial charge in [-0.2, -0.15) is 0 Å². The maximum absolute atomic E-state index is 5.43. The van der Waals surface area contributed by atoms with Crippen LogP contribution in [0.3, 0.4) is 0 Å². The molecule has 3 aromatic carbocycles. The molecule has 3 aromatic rings. The molecule has 0 aromatic heterocycles. The lowest BCUT2D eigenvalue weighted by Gasteiger charge is -2.37. The first-order valence-electron chi connectivity index (χ1n) is 10.2. The number of hydrogen-bond donors (Lipinski definition) is 1. The van der Waals surface area contributed by atoms with Gasteiger partial charge in [0.2, 0.25) is 0 Å². The van der Waals surface area contributed by atoms with E-state index < -0.39 is 0 Å². The fourth-order valence-corrected chi connectivity index (χ4v) is 4.97. The number of allylic oxidation sites excluding steroid dienone is 2. The SMILES string of the molecule is COc1ccc(Br)cc1C=Nc1ccc([C@@H]2Nc3ccccc3[C@H]3C=CC[C@@H]32)cc1. The van der Waals surface area contributed by atoms with Crippen molar-refractivity contribution in [2.75, 3.05) is 12.4 Å². The average molecular weight is 459 g/mol. The Morgan fingerprint density at radius 1 is 1.07 bits per heavy atom. The van der Waals surface area contributed by atoms with E-state index in [0.29, 0.717) is 17.9 Å². The molecular weight excluding hydrogens is 436 g/mol. The molecule has 0 unspecified atom stereocenters. The highest BCUT2D eigenvalue weighted by Gasteiger charge is 2.37. The molecule has 3 nitrogen and oxygen atoms in total. The summed E-state index contributed by atoms with van der Waals surface area (Å²) < 4.78 is 6.43. The Kier molecular flexibility index (Phi) is 5.17. The van der Waals surface area contributed by atoms with Gasteiger partial charge in [0.05, 0.1) is 18.8 Å². The summed E-state index contributed by atoms with van der Waals surface area (Å²) in [5.74, 6) is 1.86. The van der Waals surface area contributed by atoms with Crippen LogP contribution in [0.2, 0.25) is 0 Å². The summed E-state index contributed by atoms with van der Waals surface area (Å²) in [7, 11) is 1.68. The zero-order valence-electron chi connectivity index (χ0n) is 16.8. The fourth-order valence-electron chi connectivity index (χ4n) is 4.59. The summed E-state index contributed by atoms with van der Waals surface area (Å²) in [5.41, 5.74) is 5.84. The molecule has 1 aliphatic heterocycles.